The van der Waals surface area contributed by atoms with Crippen LogP contribution in [0, 0.1) is 5.82 Å². The van der Waals surface area contributed by atoms with E-state index in [9.17, 15) is 9.18 Å². The van der Waals surface area contributed by atoms with Crippen molar-refractivity contribution in [1.29, 1.82) is 0 Å². The molecule has 0 bridgehead atoms. The minimum absolute atomic E-state index is 0.124. The monoisotopic (exact) mass is 387 g/mol. The van der Waals surface area contributed by atoms with Gasteiger partial charge in [0.05, 0.1) is 21.3 Å². The third kappa shape index (κ3) is 4.27. The molecule has 1 amide bonds. The summed E-state index contributed by atoms with van der Waals surface area (Å²) in [5.74, 6) is 0.337. The number of methoxy groups -OCH3 is 3. The first-order valence-electron chi connectivity index (χ1n) is 8.90. The van der Waals surface area contributed by atoms with E-state index in [1.807, 2.05) is 13.8 Å². The average Bonchev–Trinajstić information content (AvgIpc) is 2.67. The zero-order valence-corrected chi connectivity index (χ0v) is 16.9. The summed E-state index contributed by atoms with van der Waals surface area (Å²) in [5, 5.41) is 0. The Kier molecular flexibility index (Phi) is 7.04. The van der Waals surface area contributed by atoms with Gasteiger partial charge in [-0.3, -0.25) is 4.79 Å². The Morgan fingerprint density at radius 3 is 2.29 bits per heavy atom. The van der Waals surface area contributed by atoms with Crippen LogP contribution in [-0.4, -0.2) is 33.3 Å². The fourth-order valence-corrected chi connectivity index (χ4v) is 3.07. The first-order valence-corrected chi connectivity index (χ1v) is 8.90. The summed E-state index contributed by atoms with van der Waals surface area (Å²) in [5.41, 5.74) is 1.64. The molecule has 6 heteroatoms. The van der Waals surface area contributed by atoms with Crippen LogP contribution in [0.1, 0.15) is 29.8 Å². The Balaban J connectivity index is 2.55. The summed E-state index contributed by atoms with van der Waals surface area (Å²) >= 11 is 0. The van der Waals surface area contributed by atoms with Gasteiger partial charge in [-0.05, 0) is 44.5 Å². The van der Waals surface area contributed by atoms with E-state index < -0.39 is 5.82 Å². The Morgan fingerprint density at radius 2 is 1.79 bits per heavy atom. The Labute approximate surface area is 165 Å². The molecule has 0 saturated carbocycles. The number of nitrogens with zero attached hydrogens (tertiary/aromatic N) is 1. The van der Waals surface area contributed by atoms with E-state index in [1.54, 1.807) is 31.4 Å². The van der Waals surface area contributed by atoms with Crippen LogP contribution in [0.2, 0.25) is 0 Å². The molecule has 0 fully saturated rings. The summed E-state index contributed by atoms with van der Waals surface area (Å²) in [6.07, 6.45) is 2.24. The zero-order chi connectivity index (χ0) is 20.8. The molecule has 150 valence electrons. The minimum Gasteiger partial charge on any atom is -0.494 e. The lowest BCUT2D eigenvalue weighted by Gasteiger charge is -2.28. The van der Waals surface area contributed by atoms with E-state index in [0.29, 0.717) is 29.2 Å². The van der Waals surface area contributed by atoms with E-state index in [4.69, 9.17) is 14.2 Å². The van der Waals surface area contributed by atoms with E-state index in [2.05, 4.69) is 6.58 Å². The molecule has 0 aliphatic heterocycles. The van der Waals surface area contributed by atoms with Crippen molar-refractivity contribution in [3.05, 3.63) is 59.9 Å². The van der Waals surface area contributed by atoms with Crippen LogP contribution >= 0.6 is 0 Å². The highest BCUT2D eigenvalue weighted by Gasteiger charge is 2.24. The number of carbonyl (C=O) groups is 1. The molecule has 0 N–H and O–H groups in total. The van der Waals surface area contributed by atoms with E-state index >= 15 is 0 Å². The summed E-state index contributed by atoms with van der Waals surface area (Å²) in [7, 11) is 4.46. The Bertz CT molecular complexity index is 864. The van der Waals surface area contributed by atoms with E-state index in [1.165, 1.54) is 31.3 Å². The quantitative estimate of drug-likeness (QED) is 0.620. The average molecular weight is 387 g/mol. The molecule has 5 nitrogen and oxygen atoms in total. The molecule has 0 spiro atoms. The van der Waals surface area contributed by atoms with E-state index in [0.717, 1.165) is 5.56 Å². The van der Waals surface area contributed by atoms with Gasteiger partial charge < -0.3 is 19.1 Å². The number of hydrogen-bond donors (Lipinski definition) is 0. The van der Waals surface area contributed by atoms with Gasteiger partial charge in [0.15, 0.2) is 23.1 Å². The number of benzene rings is 2. The van der Waals surface area contributed by atoms with Gasteiger partial charge in [-0.1, -0.05) is 6.08 Å². The smallest absolute Gasteiger partial charge is 0.258 e. The first kappa shape index (κ1) is 21.3. The van der Waals surface area contributed by atoms with Gasteiger partial charge in [0.25, 0.3) is 5.91 Å². The van der Waals surface area contributed by atoms with Crippen LogP contribution in [0.5, 0.6) is 17.2 Å². The lowest BCUT2D eigenvalue weighted by molar-refractivity contribution is 0.0979. The number of halogens is 1. The second-order valence-electron chi connectivity index (χ2n) is 6.45. The molecule has 0 unspecified atom stereocenters. The van der Waals surface area contributed by atoms with E-state index in [-0.39, 0.29) is 17.7 Å². The van der Waals surface area contributed by atoms with Crippen LogP contribution in [-0.2, 0) is 6.42 Å². The number of ether oxygens (including phenoxy) is 3. The molecule has 0 atom stereocenters. The second kappa shape index (κ2) is 9.26. The summed E-state index contributed by atoms with van der Waals surface area (Å²) < 4.78 is 30.0. The Hall–Kier alpha value is -3.02. The second-order valence-corrected chi connectivity index (χ2v) is 6.45. The molecule has 0 radical (unpaired) electrons. The number of allylic oxidation sites excluding steroid dienone is 1. The maximum absolute atomic E-state index is 14.2. The number of rotatable bonds is 8. The van der Waals surface area contributed by atoms with Crippen molar-refractivity contribution >= 4 is 11.6 Å². The van der Waals surface area contributed by atoms with Crippen LogP contribution in [0.25, 0.3) is 0 Å². The van der Waals surface area contributed by atoms with Crippen molar-refractivity contribution in [2.45, 2.75) is 26.3 Å². The molecule has 0 aliphatic carbocycles. The number of hydrogen-bond acceptors (Lipinski definition) is 4. The van der Waals surface area contributed by atoms with Crippen molar-refractivity contribution < 1.29 is 23.4 Å². The predicted molar refractivity (Wildman–Crippen MR) is 108 cm³/mol. The molecule has 2 rings (SSSR count). The fraction of sp³-hybridized carbons (Fsp3) is 0.318. The maximum Gasteiger partial charge on any atom is 0.258 e. The molecular weight excluding hydrogens is 361 g/mol. The summed E-state index contributed by atoms with van der Waals surface area (Å²) in [6, 6.07) is 7.64. The normalized spacial score (nSPS) is 10.5. The molecule has 2 aromatic rings. The van der Waals surface area contributed by atoms with Gasteiger partial charge in [0.1, 0.15) is 0 Å². The first-order chi connectivity index (χ1) is 13.4. The SMILES string of the molecule is C=CCc1cc(C(=O)N(c2ccc(OC)c(F)c2)C(C)C)cc(OC)c1OC. The molecule has 28 heavy (non-hydrogen) atoms. The minimum atomic E-state index is -0.530. The lowest BCUT2D eigenvalue weighted by Crippen LogP contribution is -2.37. The van der Waals surface area contributed by atoms with Crippen molar-refractivity contribution in [2.75, 3.05) is 26.2 Å². The van der Waals surface area contributed by atoms with Gasteiger partial charge in [0, 0.05) is 28.9 Å². The highest BCUT2D eigenvalue weighted by atomic mass is 19.1. The van der Waals surface area contributed by atoms with Crippen molar-refractivity contribution in [3.63, 3.8) is 0 Å². The standard InChI is InChI=1S/C22H26FNO4/c1-7-8-15-11-16(12-20(27-5)21(15)28-6)22(25)24(14(2)3)17-9-10-19(26-4)18(23)13-17/h7,9-14H,1,8H2,2-6H3. The molecule has 0 saturated heterocycles. The molecule has 0 aromatic heterocycles. The van der Waals surface area contributed by atoms with Crippen LogP contribution in [0.3, 0.4) is 0 Å². The number of carbonyl (C=O) groups excluding carboxylic acids is 1. The van der Waals surface area contributed by atoms with Crippen molar-refractivity contribution in [2.24, 2.45) is 0 Å². The van der Waals surface area contributed by atoms with Crippen molar-refractivity contribution in [3.8, 4) is 17.2 Å². The largest absolute Gasteiger partial charge is 0.494 e. The molecular formula is C22H26FNO4. The third-order valence-electron chi connectivity index (χ3n) is 4.32. The van der Waals surface area contributed by atoms with Crippen LogP contribution < -0.4 is 19.1 Å². The lowest BCUT2D eigenvalue weighted by atomic mass is 10.0. The Morgan fingerprint density at radius 1 is 1.11 bits per heavy atom. The number of anilines is 1. The molecule has 0 aliphatic rings. The predicted octanol–water partition coefficient (Wildman–Crippen LogP) is 4.64. The van der Waals surface area contributed by atoms with Crippen molar-refractivity contribution in [1.82, 2.24) is 0 Å². The molecule has 2 aromatic carbocycles. The fourth-order valence-electron chi connectivity index (χ4n) is 3.07. The number of amides is 1. The van der Waals surface area contributed by atoms with Crippen LogP contribution in [0.4, 0.5) is 10.1 Å². The topological polar surface area (TPSA) is 48.0 Å². The van der Waals surface area contributed by atoms with Crippen LogP contribution in [0.15, 0.2) is 43.0 Å². The van der Waals surface area contributed by atoms with Gasteiger partial charge in [0.2, 0.25) is 0 Å². The highest BCUT2D eigenvalue weighted by Crippen LogP contribution is 2.34. The summed E-state index contributed by atoms with van der Waals surface area (Å²) in [4.78, 5) is 14.9. The zero-order valence-electron chi connectivity index (χ0n) is 16.9. The summed E-state index contributed by atoms with van der Waals surface area (Å²) in [6.45, 7) is 7.49. The third-order valence-corrected chi connectivity index (χ3v) is 4.32. The molecule has 0 heterocycles. The van der Waals surface area contributed by atoms with Gasteiger partial charge in [-0.25, -0.2) is 4.39 Å². The van der Waals surface area contributed by atoms with Gasteiger partial charge in [-0.2, -0.15) is 0 Å². The van der Waals surface area contributed by atoms with Gasteiger partial charge >= 0.3 is 0 Å². The maximum atomic E-state index is 14.2. The van der Waals surface area contributed by atoms with Gasteiger partial charge in [-0.15, -0.1) is 6.58 Å². The highest BCUT2D eigenvalue weighted by molar-refractivity contribution is 6.07.